The standard InChI is InChI=1S/C17H19N3O3S/c1-11(17(18)22)19-16(21)7-6-13-4-3-5-15(8-13)23-9-14-10-24-12(2)20-14/h3-8,10-11H,9H2,1-2H3,(H2,18,22)(H,19,21)/b7-6+. The van der Waals surface area contributed by atoms with Crippen molar-refractivity contribution in [2.45, 2.75) is 26.5 Å². The SMILES string of the molecule is Cc1nc(COc2cccc(/C=C/C(=O)NC(C)C(N)=O)c2)cs1. The number of aryl methyl sites for hydroxylation is 1. The van der Waals surface area contributed by atoms with Gasteiger partial charge in [-0.05, 0) is 37.6 Å². The second-order valence-electron chi connectivity index (χ2n) is 5.19. The molecule has 0 spiro atoms. The molecule has 0 saturated heterocycles. The van der Waals surface area contributed by atoms with Crippen LogP contribution in [0.3, 0.4) is 0 Å². The number of hydrogen-bond acceptors (Lipinski definition) is 5. The van der Waals surface area contributed by atoms with Gasteiger partial charge in [0.05, 0.1) is 10.7 Å². The lowest BCUT2D eigenvalue weighted by atomic mass is 10.2. The van der Waals surface area contributed by atoms with Crippen LogP contribution in [0.4, 0.5) is 0 Å². The van der Waals surface area contributed by atoms with Crippen LogP contribution in [0.15, 0.2) is 35.7 Å². The quantitative estimate of drug-likeness (QED) is 0.751. The summed E-state index contributed by atoms with van der Waals surface area (Å²) in [6.07, 6.45) is 2.99. The van der Waals surface area contributed by atoms with Crippen LogP contribution in [0.1, 0.15) is 23.2 Å². The van der Waals surface area contributed by atoms with Gasteiger partial charge in [-0.15, -0.1) is 11.3 Å². The molecule has 7 heteroatoms. The second-order valence-corrected chi connectivity index (χ2v) is 6.25. The monoisotopic (exact) mass is 345 g/mol. The van der Waals surface area contributed by atoms with Crippen LogP contribution in [-0.2, 0) is 16.2 Å². The van der Waals surface area contributed by atoms with Crippen LogP contribution in [-0.4, -0.2) is 22.8 Å². The average molecular weight is 345 g/mol. The number of carbonyl (C=O) groups is 2. The first-order valence-corrected chi connectivity index (χ1v) is 8.24. The van der Waals surface area contributed by atoms with Crippen molar-refractivity contribution in [1.82, 2.24) is 10.3 Å². The number of nitrogens with one attached hydrogen (secondary N) is 1. The van der Waals surface area contributed by atoms with Crippen LogP contribution < -0.4 is 15.8 Å². The Bertz CT molecular complexity index is 755. The zero-order valence-corrected chi connectivity index (χ0v) is 14.3. The van der Waals surface area contributed by atoms with E-state index >= 15 is 0 Å². The van der Waals surface area contributed by atoms with Gasteiger partial charge >= 0.3 is 0 Å². The minimum absolute atomic E-state index is 0.384. The minimum Gasteiger partial charge on any atom is -0.487 e. The maximum absolute atomic E-state index is 11.7. The summed E-state index contributed by atoms with van der Waals surface area (Å²) in [5.74, 6) is -0.274. The Balaban J connectivity index is 1.93. The Morgan fingerprint density at radius 2 is 2.25 bits per heavy atom. The lowest BCUT2D eigenvalue weighted by Crippen LogP contribution is -2.41. The zero-order chi connectivity index (χ0) is 17.5. The highest BCUT2D eigenvalue weighted by atomic mass is 32.1. The van der Waals surface area contributed by atoms with Gasteiger partial charge in [0.25, 0.3) is 0 Å². The number of hydrogen-bond donors (Lipinski definition) is 2. The van der Waals surface area contributed by atoms with Gasteiger partial charge in [0.1, 0.15) is 18.4 Å². The molecular weight excluding hydrogens is 326 g/mol. The third-order valence-corrected chi connectivity index (χ3v) is 3.95. The van der Waals surface area contributed by atoms with E-state index in [1.807, 2.05) is 36.6 Å². The van der Waals surface area contributed by atoms with Crippen LogP contribution >= 0.6 is 11.3 Å². The third-order valence-electron chi connectivity index (χ3n) is 3.12. The summed E-state index contributed by atoms with van der Waals surface area (Å²) < 4.78 is 5.70. The Morgan fingerprint density at radius 3 is 2.92 bits per heavy atom. The summed E-state index contributed by atoms with van der Waals surface area (Å²) in [7, 11) is 0. The lowest BCUT2D eigenvalue weighted by Gasteiger charge is -2.07. The number of aromatic nitrogens is 1. The molecule has 2 amide bonds. The van der Waals surface area contributed by atoms with Crippen molar-refractivity contribution in [3.63, 3.8) is 0 Å². The predicted molar refractivity (Wildman–Crippen MR) is 93.5 cm³/mol. The maximum atomic E-state index is 11.7. The number of thiazole rings is 1. The molecule has 6 nitrogen and oxygen atoms in total. The molecule has 1 aromatic heterocycles. The normalized spacial score (nSPS) is 12.1. The largest absolute Gasteiger partial charge is 0.487 e. The van der Waals surface area contributed by atoms with Crippen LogP contribution in [0.25, 0.3) is 6.08 Å². The molecule has 0 aliphatic heterocycles. The van der Waals surface area contributed by atoms with E-state index < -0.39 is 11.9 Å². The van der Waals surface area contributed by atoms with Gasteiger partial charge in [-0.2, -0.15) is 0 Å². The summed E-state index contributed by atoms with van der Waals surface area (Å²) in [5.41, 5.74) is 6.79. The molecule has 126 valence electrons. The first kappa shape index (κ1) is 17.7. The molecule has 0 fully saturated rings. The van der Waals surface area contributed by atoms with Crippen LogP contribution in [0.5, 0.6) is 5.75 Å². The lowest BCUT2D eigenvalue weighted by molar-refractivity contribution is -0.124. The number of benzene rings is 1. The highest BCUT2D eigenvalue weighted by Gasteiger charge is 2.09. The average Bonchev–Trinajstić information content (AvgIpc) is 2.97. The van der Waals surface area contributed by atoms with Crippen molar-refractivity contribution >= 4 is 29.2 Å². The Morgan fingerprint density at radius 1 is 1.46 bits per heavy atom. The van der Waals surface area contributed by atoms with Crippen molar-refractivity contribution in [3.8, 4) is 5.75 Å². The Hall–Kier alpha value is -2.67. The molecule has 2 aromatic rings. The van der Waals surface area contributed by atoms with Gasteiger partial charge in [-0.1, -0.05) is 12.1 Å². The molecule has 1 atom stereocenters. The van der Waals surface area contributed by atoms with Gasteiger partial charge < -0.3 is 15.8 Å². The summed E-state index contributed by atoms with van der Waals surface area (Å²) >= 11 is 1.58. The molecule has 3 N–H and O–H groups in total. The van der Waals surface area contributed by atoms with Gasteiger partial charge in [-0.3, -0.25) is 9.59 Å². The molecular formula is C17H19N3O3S. The van der Waals surface area contributed by atoms with E-state index in [-0.39, 0.29) is 5.91 Å². The summed E-state index contributed by atoms with van der Waals surface area (Å²) in [6, 6.07) is 6.64. The van der Waals surface area contributed by atoms with Crippen molar-refractivity contribution in [2.24, 2.45) is 5.73 Å². The van der Waals surface area contributed by atoms with Crippen LogP contribution in [0, 0.1) is 6.92 Å². The molecule has 1 unspecified atom stereocenters. The van der Waals surface area contributed by atoms with E-state index in [9.17, 15) is 9.59 Å². The molecule has 2 rings (SSSR count). The molecule has 0 saturated carbocycles. The molecule has 24 heavy (non-hydrogen) atoms. The molecule has 1 aromatic carbocycles. The number of nitrogens with zero attached hydrogens (tertiary/aromatic N) is 1. The second kappa shape index (κ2) is 8.26. The van der Waals surface area contributed by atoms with E-state index in [0.29, 0.717) is 12.4 Å². The zero-order valence-electron chi connectivity index (χ0n) is 13.5. The van der Waals surface area contributed by atoms with Crippen molar-refractivity contribution in [2.75, 3.05) is 0 Å². The molecule has 0 bridgehead atoms. The van der Waals surface area contributed by atoms with E-state index in [2.05, 4.69) is 10.3 Å². The number of nitrogens with two attached hydrogens (primary N) is 1. The number of amides is 2. The minimum atomic E-state index is -0.710. The van der Waals surface area contributed by atoms with Gasteiger partial charge in [0.15, 0.2) is 0 Å². The first-order valence-electron chi connectivity index (χ1n) is 7.36. The van der Waals surface area contributed by atoms with Crippen molar-refractivity contribution in [1.29, 1.82) is 0 Å². The predicted octanol–water partition coefficient (Wildman–Crippen LogP) is 2.03. The number of rotatable bonds is 7. The van der Waals surface area contributed by atoms with E-state index in [0.717, 1.165) is 16.3 Å². The Kier molecular flexibility index (Phi) is 6.08. The first-order chi connectivity index (χ1) is 11.4. The summed E-state index contributed by atoms with van der Waals surface area (Å²) in [4.78, 5) is 26.9. The maximum Gasteiger partial charge on any atom is 0.244 e. The summed E-state index contributed by atoms with van der Waals surface area (Å²) in [6.45, 7) is 3.88. The Labute approximate surface area is 144 Å². The van der Waals surface area contributed by atoms with E-state index in [4.69, 9.17) is 10.5 Å². The molecule has 1 heterocycles. The molecule has 0 radical (unpaired) electrons. The fraction of sp³-hybridized carbons (Fsp3) is 0.235. The molecule has 0 aliphatic rings. The van der Waals surface area contributed by atoms with E-state index in [1.165, 1.54) is 13.0 Å². The van der Waals surface area contributed by atoms with Gasteiger partial charge in [-0.25, -0.2) is 4.98 Å². The highest BCUT2D eigenvalue weighted by Crippen LogP contribution is 2.17. The smallest absolute Gasteiger partial charge is 0.244 e. The number of primary amides is 1. The van der Waals surface area contributed by atoms with E-state index in [1.54, 1.807) is 17.4 Å². The third kappa shape index (κ3) is 5.51. The number of ether oxygens (including phenoxy) is 1. The van der Waals surface area contributed by atoms with Crippen molar-refractivity contribution in [3.05, 3.63) is 52.0 Å². The highest BCUT2D eigenvalue weighted by molar-refractivity contribution is 7.09. The molecule has 0 aliphatic carbocycles. The summed E-state index contributed by atoms with van der Waals surface area (Å²) in [5, 5.41) is 5.44. The number of carbonyl (C=O) groups excluding carboxylic acids is 2. The van der Waals surface area contributed by atoms with Crippen molar-refractivity contribution < 1.29 is 14.3 Å². The van der Waals surface area contributed by atoms with Gasteiger partial charge in [0, 0.05) is 11.5 Å². The van der Waals surface area contributed by atoms with Gasteiger partial charge in [0.2, 0.25) is 11.8 Å². The topological polar surface area (TPSA) is 94.3 Å². The van der Waals surface area contributed by atoms with Crippen LogP contribution in [0.2, 0.25) is 0 Å². The fourth-order valence-corrected chi connectivity index (χ4v) is 2.44. The fourth-order valence-electron chi connectivity index (χ4n) is 1.84.